The van der Waals surface area contributed by atoms with Crippen molar-refractivity contribution in [2.75, 3.05) is 5.32 Å². The Kier molecular flexibility index (Phi) is 3.91. The summed E-state index contributed by atoms with van der Waals surface area (Å²) in [7, 11) is 1.67. The fourth-order valence-electron chi connectivity index (χ4n) is 2.18. The van der Waals surface area contributed by atoms with Crippen LogP contribution < -0.4 is 10.7 Å². The number of carbonyl (C=O) groups is 1. The molecule has 0 aliphatic carbocycles. The van der Waals surface area contributed by atoms with E-state index in [1.807, 2.05) is 13.8 Å². The average Bonchev–Trinajstić information content (AvgIpc) is 2.80. The first-order valence-corrected chi connectivity index (χ1v) is 7.98. The van der Waals surface area contributed by atoms with E-state index in [0.29, 0.717) is 21.1 Å². The molecule has 3 aromatic rings. The lowest BCUT2D eigenvalue weighted by molar-refractivity contribution is 0.101. The number of hydrogen-bond donors (Lipinski definition) is 1. The van der Waals surface area contributed by atoms with Gasteiger partial charge in [-0.2, -0.15) is 5.10 Å². The molecule has 3 rings (SSSR count). The maximum atomic E-state index is 12.5. The Hall–Kier alpha value is -2.25. The number of nitrogens with one attached hydrogen (secondary N) is 1. The third-order valence-corrected chi connectivity index (χ3v) is 4.70. The molecule has 1 amide bonds. The average molecular weight is 349 g/mol. The summed E-state index contributed by atoms with van der Waals surface area (Å²) in [6.45, 7) is 3.77. The number of halogens is 1. The molecular weight excluding hydrogens is 336 g/mol. The molecule has 0 saturated heterocycles. The highest BCUT2D eigenvalue weighted by molar-refractivity contribution is 7.15. The Morgan fingerprint density at radius 2 is 2.09 bits per heavy atom. The predicted octanol–water partition coefficient (Wildman–Crippen LogP) is 2.91. The zero-order valence-electron chi connectivity index (χ0n) is 12.7. The summed E-state index contributed by atoms with van der Waals surface area (Å²) in [5.74, 6) is -0.582. The highest BCUT2D eigenvalue weighted by Gasteiger charge is 2.18. The van der Waals surface area contributed by atoms with Gasteiger partial charge in [-0.05, 0) is 32.0 Å². The van der Waals surface area contributed by atoms with Crippen molar-refractivity contribution >= 4 is 44.9 Å². The van der Waals surface area contributed by atoms with Crippen LogP contribution in [0.1, 0.15) is 21.1 Å². The zero-order chi connectivity index (χ0) is 16.7. The van der Waals surface area contributed by atoms with Crippen molar-refractivity contribution in [2.24, 2.45) is 7.05 Å². The second-order valence-corrected chi connectivity index (χ2v) is 6.72. The highest BCUT2D eigenvalue weighted by atomic mass is 35.5. The molecule has 1 aromatic carbocycles. The summed E-state index contributed by atoms with van der Waals surface area (Å²) in [6.07, 6.45) is 0. The minimum atomic E-state index is -0.582. The molecule has 8 heteroatoms. The number of aromatic nitrogens is 3. The number of fused-ring (bicyclic) bond motifs is 1. The minimum Gasteiger partial charge on any atom is -0.296 e. The van der Waals surface area contributed by atoms with Gasteiger partial charge in [-0.3, -0.25) is 19.6 Å². The van der Waals surface area contributed by atoms with Crippen LogP contribution in [-0.4, -0.2) is 20.7 Å². The molecule has 0 radical (unpaired) electrons. The minimum absolute atomic E-state index is 0.187. The number of rotatable bonds is 2. The Bertz CT molecular complexity index is 974. The summed E-state index contributed by atoms with van der Waals surface area (Å²) in [5, 5.41) is 7.94. The summed E-state index contributed by atoms with van der Waals surface area (Å²) >= 11 is 7.30. The van der Waals surface area contributed by atoms with Crippen molar-refractivity contribution in [3.8, 4) is 0 Å². The van der Waals surface area contributed by atoms with Crippen LogP contribution in [0.3, 0.4) is 0 Å². The van der Waals surface area contributed by atoms with Crippen LogP contribution in [0.2, 0.25) is 5.02 Å². The largest absolute Gasteiger partial charge is 0.296 e. The van der Waals surface area contributed by atoms with Crippen LogP contribution >= 0.6 is 22.9 Å². The molecule has 0 saturated carbocycles. The summed E-state index contributed by atoms with van der Waals surface area (Å²) in [4.78, 5) is 30.1. The molecule has 0 spiro atoms. The van der Waals surface area contributed by atoms with E-state index < -0.39 is 11.3 Å². The topological polar surface area (TPSA) is 76.9 Å². The van der Waals surface area contributed by atoms with Crippen LogP contribution in [0.25, 0.3) is 10.9 Å². The first kappa shape index (κ1) is 15.6. The molecule has 0 bridgehead atoms. The normalized spacial score (nSPS) is 11.0. The van der Waals surface area contributed by atoms with Gasteiger partial charge in [-0.25, -0.2) is 4.98 Å². The van der Waals surface area contributed by atoms with Gasteiger partial charge in [0.25, 0.3) is 5.91 Å². The lowest BCUT2D eigenvalue weighted by Crippen LogP contribution is -2.26. The van der Waals surface area contributed by atoms with Gasteiger partial charge in [0.15, 0.2) is 10.8 Å². The Morgan fingerprint density at radius 3 is 2.74 bits per heavy atom. The number of nitrogens with zero attached hydrogens (tertiary/aromatic N) is 3. The van der Waals surface area contributed by atoms with E-state index in [1.54, 1.807) is 19.2 Å². The summed E-state index contributed by atoms with van der Waals surface area (Å²) in [6, 6.07) is 4.91. The lowest BCUT2D eigenvalue weighted by Gasteiger charge is -2.07. The summed E-state index contributed by atoms with van der Waals surface area (Å²) < 4.78 is 1.49. The van der Waals surface area contributed by atoms with Crippen molar-refractivity contribution in [3.05, 3.63) is 49.7 Å². The second kappa shape index (κ2) is 5.75. The van der Waals surface area contributed by atoms with Gasteiger partial charge in [0, 0.05) is 16.9 Å². The van der Waals surface area contributed by atoms with Crippen molar-refractivity contribution in [3.63, 3.8) is 0 Å². The number of amides is 1. The number of thiazole rings is 1. The standard InChI is InChI=1S/C15H13ClN4O2S/c1-7-8(2)23-15(17-7)18-14(22)12-13(21)10-6-9(16)4-5-11(10)20(3)19-12/h4-6H,1-3H3,(H,17,18,22). The SMILES string of the molecule is Cc1nc(NC(=O)c2nn(C)c3ccc(Cl)cc3c2=O)sc1C. The smallest absolute Gasteiger partial charge is 0.281 e. The molecule has 0 atom stereocenters. The van der Waals surface area contributed by atoms with Crippen LogP contribution in [0.5, 0.6) is 0 Å². The first-order chi connectivity index (χ1) is 10.9. The number of aryl methyl sites for hydroxylation is 3. The van der Waals surface area contributed by atoms with Crippen molar-refractivity contribution in [1.29, 1.82) is 0 Å². The van der Waals surface area contributed by atoms with E-state index in [9.17, 15) is 9.59 Å². The maximum Gasteiger partial charge on any atom is 0.281 e. The van der Waals surface area contributed by atoms with E-state index in [2.05, 4.69) is 15.4 Å². The summed E-state index contributed by atoms with van der Waals surface area (Å²) in [5.41, 5.74) is 0.809. The molecule has 0 unspecified atom stereocenters. The molecule has 23 heavy (non-hydrogen) atoms. The van der Waals surface area contributed by atoms with Crippen molar-refractivity contribution in [2.45, 2.75) is 13.8 Å². The van der Waals surface area contributed by atoms with Crippen LogP contribution in [0.4, 0.5) is 5.13 Å². The molecule has 1 N–H and O–H groups in total. The highest BCUT2D eigenvalue weighted by Crippen LogP contribution is 2.21. The number of hydrogen-bond acceptors (Lipinski definition) is 5. The van der Waals surface area contributed by atoms with E-state index in [4.69, 9.17) is 11.6 Å². The third kappa shape index (κ3) is 2.85. The van der Waals surface area contributed by atoms with Crippen LogP contribution in [0.15, 0.2) is 23.0 Å². The fraction of sp³-hybridized carbons (Fsp3) is 0.200. The quantitative estimate of drug-likeness (QED) is 0.772. The van der Waals surface area contributed by atoms with Crippen molar-refractivity contribution < 1.29 is 4.79 Å². The molecule has 2 aromatic heterocycles. The van der Waals surface area contributed by atoms with Gasteiger partial charge in [-0.15, -0.1) is 11.3 Å². The van der Waals surface area contributed by atoms with E-state index in [1.165, 1.54) is 22.1 Å². The second-order valence-electron chi connectivity index (χ2n) is 5.08. The van der Waals surface area contributed by atoms with Gasteiger partial charge >= 0.3 is 0 Å². The number of carbonyl (C=O) groups excluding carboxylic acids is 1. The Labute approximate surface area is 140 Å². The predicted molar refractivity (Wildman–Crippen MR) is 91.5 cm³/mol. The van der Waals surface area contributed by atoms with Crippen LogP contribution in [-0.2, 0) is 7.05 Å². The molecule has 2 heterocycles. The van der Waals surface area contributed by atoms with Gasteiger partial charge < -0.3 is 0 Å². The molecule has 6 nitrogen and oxygen atoms in total. The lowest BCUT2D eigenvalue weighted by atomic mass is 10.2. The first-order valence-electron chi connectivity index (χ1n) is 6.79. The third-order valence-electron chi connectivity index (χ3n) is 3.48. The van der Waals surface area contributed by atoms with Crippen LogP contribution in [0, 0.1) is 13.8 Å². The number of benzene rings is 1. The van der Waals surface area contributed by atoms with E-state index in [-0.39, 0.29) is 5.69 Å². The monoisotopic (exact) mass is 348 g/mol. The molecule has 0 aliphatic heterocycles. The van der Waals surface area contributed by atoms with Gasteiger partial charge in [-0.1, -0.05) is 11.6 Å². The van der Waals surface area contributed by atoms with Gasteiger partial charge in [0.1, 0.15) is 0 Å². The van der Waals surface area contributed by atoms with Gasteiger partial charge in [0.2, 0.25) is 5.43 Å². The molecular formula is C15H13ClN4O2S. The Balaban J connectivity index is 2.07. The van der Waals surface area contributed by atoms with Gasteiger partial charge in [0.05, 0.1) is 16.6 Å². The fourth-order valence-corrected chi connectivity index (χ4v) is 3.16. The molecule has 0 aliphatic rings. The zero-order valence-corrected chi connectivity index (χ0v) is 14.2. The Morgan fingerprint density at radius 1 is 1.35 bits per heavy atom. The molecule has 0 fully saturated rings. The van der Waals surface area contributed by atoms with E-state index >= 15 is 0 Å². The maximum absolute atomic E-state index is 12.5. The number of anilines is 1. The molecule has 118 valence electrons. The van der Waals surface area contributed by atoms with Crippen molar-refractivity contribution in [1.82, 2.24) is 14.8 Å². The van der Waals surface area contributed by atoms with E-state index in [0.717, 1.165) is 10.6 Å².